The third-order valence-electron chi connectivity index (χ3n) is 9.65. The Kier molecular flexibility index (Phi) is 7.15. The van der Waals surface area contributed by atoms with Gasteiger partial charge < -0.3 is 13.9 Å². The first-order chi connectivity index (χ1) is 17.0. The van der Waals surface area contributed by atoms with Gasteiger partial charge in [0.15, 0.2) is 26.3 Å². The van der Waals surface area contributed by atoms with E-state index in [1.165, 1.54) is 19.9 Å². The van der Waals surface area contributed by atoms with Crippen molar-refractivity contribution in [2.45, 2.75) is 104 Å². The quantitative estimate of drug-likeness (QED) is 0.358. The van der Waals surface area contributed by atoms with Crippen molar-refractivity contribution in [2.24, 2.45) is 28.6 Å². The van der Waals surface area contributed by atoms with Gasteiger partial charge in [-0.1, -0.05) is 13.8 Å². The lowest BCUT2D eigenvalue weighted by atomic mass is 9.45. The fraction of sp³-hybridized carbons (Fsp3) is 0.786. The van der Waals surface area contributed by atoms with Crippen LogP contribution in [-0.4, -0.2) is 56.3 Å². The van der Waals surface area contributed by atoms with Crippen molar-refractivity contribution in [1.82, 2.24) is 0 Å². The molecule has 7 nitrogen and oxygen atoms in total. The lowest BCUT2D eigenvalue weighted by Crippen LogP contribution is -2.65. The van der Waals surface area contributed by atoms with E-state index in [0.717, 1.165) is 0 Å². The van der Waals surface area contributed by atoms with Gasteiger partial charge in [0.2, 0.25) is 5.78 Å². The molecule has 37 heavy (non-hydrogen) atoms. The lowest BCUT2D eigenvalue weighted by molar-refractivity contribution is -0.201. The second kappa shape index (κ2) is 9.40. The minimum atomic E-state index is -2.10. The molecule has 4 aliphatic carbocycles. The Bertz CT molecular complexity index is 1030. The smallest absolute Gasteiger partial charge is 0.303 e. The molecule has 0 aromatic rings. The van der Waals surface area contributed by atoms with E-state index in [0.29, 0.717) is 37.7 Å². The first-order valence-electron chi connectivity index (χ1n) is 13.5. The molecule has 3 saturated carbocycles. The molecule has 0 unspecified atom stereocenters. The molecular weight excluding hydrogens is 495 g/mol. The van der Waals surface area contributed by atoms with Crippen LogP contribution in [0.2, 0.25) is 19.6 Å². The number of ether oxygens (including phenoxy) is 2. The maximum atomic E-state index is 15.9. The number of carbonyl (C=O) groups excluding carboxylic acids is 4. The molecule has 0 aromatic carbocycles. The zero-order valence-electron chi connectivity index (χ0n) is 23.1. The number of allylic oxidation sites excluding steroid dienone is 1. The van der Waals surface area contributed by atoms with Crippen molar-refractivity contribution in [3.8, 4) is 0 Å². The normalized spacial score (nSPS) is 41.1. The fourth-order valence-corrected chi connectivity index (χ4v) is 9.56. The van der Waals surface area contributed by atoms with Gasteiger partial charge in [0.25, 0.3) is 0 Å². The molecule has 0 heterocycles. The number of hydrogen-bond acceptors (Lipinski definition) is 7. The number of hydrogen-bond donors (Lipinski definition) is 0. The van der Waals surface area contributed by atoms with Crippen LogP contribution in [0.15, 0.2) is 11.6 Å². The van der Waals surface area contributed by atoms with Gasteiger partial charge >= 0.3 is 11.9 Å². The molecule has 8 atom stereocenters. The number of esters is 2. The summed E-state index contributed by atoms with van der Waals surface area (Å²) in [6.07, 6.45) is 2.57. The van der Waals surface area contributed by atoms with Gasteiger partial charge in [0.1, 0.15) is 6.17 Å². The van der Waals surface area contributed by atoms with E-state index in [-0.39, 0.29) is 36.1 Å². The Hall–Kier alpha value is -1.87. The van der Waals surface area contributed by atoms with Crippen LogP contribution in [0.25, 0.3) is 0 Å². The van der Waals surface area contributed by atoms with Crippen LogP contribution in [0.4, 0.5) is 4.39 Å². The number of carbonyl (C=O) groups is 4. The number of ketones is 2. The Balaban J connectivity index is 1.83. The molecule has 4 aliphatic rings. The first-order valence-corrected chi connectivity index (χ1v) is 16.9. The van der Waals surface area contributed by atoms with E-state index >= 15 is 4.39 Å². The lowest BCUT2D eigenvalue weighted by Gasteiger charge is -2.62. The van der Waals surface area contributed by atoms with Crippen molar-refractivity contribution in [3.05, 3.63) is 11.6 Å². The van der Waals surface area contributed by atoms with Gasteiger partial charge in [-0.25, -0.2) is 4.39 Å². The number of rotatable bonds is 6. The van der Waals surface area contributed by atoms with Crippen molar-refractivity contribution in [1.29, 1.82) is 0 Å². The maximum absolute atomic E-state index is 15.9. The summed E-state index contributed by atoms with van der Waals surface area (Å²) in [6, 6.07) is 0. The van der Waals surface area contributed by atoms with Crippen molar-refractivity contribution < 1.29 is 37.5 Å². The predicted molar refractivity (Wildman–Crippen MR) is 137 cm³/mol. The minimum absolute atomic E-state index is 0.0136. The van der Waals surface area contributed by atoms with Crippen LogP contribution in [0, 0.1) is 28.6 Å². The van der Waals surface area contributed by atoms with Crippen LogP contribution in [0.1, 0.15) is 66.2 Å². The van der Waals surface area contributed by atoms with E-state index in [1.54, 1.807) is 0 Å². The second-order valence-electron chi connectivity index (χ2n) is 13.0. The Morgan fingerprint density at radius 3 is 2.38 bits per heavy atom. The SMILES string of the molecule is CC(=O)OCC(=O)[C@@]1(OC(C)=O)CC[C@H]2[C@@H]3C[C@H](F)C4=CC(=O)CC[C@]4(C)[C@H]3[C@@H](O[Si](C)(C)C)C[C@@]21C. The summed E-state index contributed by atoms with van der Waals surface area (Å²) in [5, 5.41) is 0. The molecule has 206 valence electrons. The average molecular weight is 537 g/mol. The second-order valence-corrected chi connectivity index (χ2v) is 17.5. The van der Waals surface area contributed by atoms with E-state index in [1.807, 2.05) is 6.92 Å². The molecule has 0 radical (unpaired) electrons. The van der Waals surface area contributed by atoms with E-state index < -0.39 is 55.2 Å². The highest BCUT2D eigenvalue weighted by Crippen LogP contribution is 2.69. The van der Waals surface area contributed by atoms with Crippen molar-refractivity contribution in [3.63, 3.8) is 0 Å². The minimum Gasteiger partial charge on any atom is -0.458 e. The molecular formula is C28H41FO7Si. The van der Waals surface area contributed by atoms with Crippen LogP contribution in [0.5, 0.6) is 0 Å². The zero-order chi connectivity index (χ0) is 27.6. The van der Waals surface area contributed by atoms with Gasteiger partial charge in [-0.05, 0) is 86.6 Å². The van der Waals surface area contributed by atoms with Crippen LogP contribution in [0.3, 0.4) is 0 Å². The Morgan fingerprint density at radius 1 is 1.11 bits per heavy atom. The summed E-state index contributed by atoms with van der Waals surface area (Å²) in [7, 11) is -2.10. The highest BCUT2D eigenvalue weighted by molar-refractivity contribution is 6.69. The molecule has 0 aliphatic heterocycles. The first kappa shape index (κ1) is 28.1. The number of alkyl halides is 1. The monoisotopic (exact) mass is 536 g/mol. The summed E-state index contributed by atoms with van der Waals surface area (Å²) in [5.41, 5.74) is -2.22. The Morgan fingerprint density at radius 2 is 1.78 bits per heavy atom. The standard InChI is InChI=1S/C28H41FO7Si/c1-16(30)34-15-24(33)28(35-17(2)31)11-9-20-19-13-22(29)21-12-18(32)8-10-26(21,3)25(19)23(14-27(20,28)4)36-37(5,6)7/h12,19-20,22-23,25H,8-11,13-15H2,1-7H3/t19-,20-,22-,23-,25+,26-,27-,28-/m0/s1. The average Bonchev–Trinajstić information content (AvgIpc) is 3.04. The highest BCUT2D eigenvalue weighted by atomic mass is 28.4. The Labute approximate surface area is 220 Å². The van der Waals surface area contributed by atoms with Crippen molar-refractivity contribution in [2.75, 3.05) is 6.61 Å². The number of halogens is 1. The van der Waals surface area contributed by atoms with Gasteiger partial charge in [0, 0.05) is 31.8 Å². The van der Waals surface area contributed by atoms with Crippen LogP contribution < -0.4 is 0 Å². The summed E-state index contributed by atoms with van der Waals surface area (Å²) in [4.78, 5) is 49.9. The largest absolute Gasteiger partial charge is 0.458 e. The molecule has 4 rings (SSSR count). The predicted octanol–water partition coefficient (Wildman–Crippen LogP) is 4.73. The van der Waals surface area contributed by atoms with Gasteiger partial charge in [-0.3, -0.25) is 19.2 Å². The van der Waals surface area contributed by atoms with E-state index in [9.17, 15) is 19.2 Å². The van der Waals surface area contributed by atoms with E-state index in [2.05, 4.69) is 26.6 Å². The third kappa shape index (κ3) is 4.64. The van der Waals surface area contributed by atoms with Gasteiger partial charge in [-0.15, -0.1) is 0 Å². The third-order valence-corrected chi connectivity index (χ3v) is 10.7. The summed E-state index contributed by atoms with van der Waals surface area (Å²) < 4.78 is 33.7. The molecule has 0 N–H and O–H groups in total. The topological polar surface area (TPSA) is 96.0 Å². The summed E-state index contributed by atoms with van der Waals surface area (Å²) >= 11 is 0. The molecule has 0 spiro atoms. The number of Topliss-reactive ketones (excluding diaryl/α,β-unsaturated/α-hetero) is 1. The van der Waals surface area contributed by atoms with Gasteiger partial charge in [-0.2, -0.15) is 0 Å². The zero-order valence-corrected chi connectivity index (χ0v) is 24.1. The molecule has 0 bridgehead atoms. The van der Waals surface area contributed by atoms with Crippen LogP contribution >= 0.6 is 0 Å². The molecule has 3 fully saturated rings. The van der Waals surface area contributed by atoms with E-state index in [4.69, 9.17) is 13.9 Å². The highest BCUT2D eigenvalue weighted by Gasteiger charge is 2.71. The molecule has 0 aromatic heterocycles. The molecule has 0 amide bonds. The van der Waals surface area contributed by atoms with Gasteiger partial charge in [0.05, 0.1) is 0 Å². The fourth-order valence-electron chi connectivity index (χ4n) is 8.42. The molecule has 0 saturated heterocycles. The summed E-state index contributed by atoms with van der Waals surface area (Å²) in [6.45, 7) is 12.4. The maximum Gasteiger partial charge on any atom is 0.303 e. The molecule has 9 heteroatoms. The number of fused-ring (bicyclic) bond motifs is 5. The van der Waals surface area contributed by atoms with Crippen LogP contribution in [-0.2, 0) is 33.1 Å². The van der Waals surface area contributed by atoms with Crippen molar-refractivity contribution >= 4 is 31.8 Å². The summed E-state index contributed by atoms with van der Waals surface area (Å²) in [5.74, 6) is -1.82.